The van der Waals surface area contributed by atoms with Gasteiger partial charge < -0.3 is 5.32 Å². The molecule has 0 saturated heterocycles. The standard InChI is InChI=1S/C19H24FN/c1-12-10-13(2)19(14(3)11-12)16(5)21-15(4)17-6-8-18(20)9-7-17/h6-11,15-16,21H,1-5H3/t15-,16?/m0/s1. The minimum atomic E-state index is -0.191. The molecule has 0 fully saturated rings. The lowest BCUT2D eigenvalue weighted by Gasteiger charge is -2.24. The Hall–Kier alpha value is -1.67. The van der Waals surface area contributed by atoms with E-state index in [-0.39, 0.29) is 17.9 Å². The van der Waals surface area contributed by atoms with Crippen molar-refractivity contribution in [3.8, 4) is 0 Å². The highest BCUT2D eigenvalue weighted by molar-refractivity contribution is 5.39. The average molecular weight is 285 g/mol. The summed E-state index contributed by atoms with van der Waals surface area (Å²) in [7, 11) is 0. The molecule has 0 bridgehead atoms. The van der Waals surface area contributed by atoms with E-state index < -0.39 is 0 Å². The van der Waals surface area contributed by atoms with Gasteiger partial charge in [0.25, 0.3) is 0 Å². The van der Waals surface area contributed by atoms with Crippen molar-refractivity contribution in [3.63, 3.8) is 0 Å². The predicted molar refractivity (Wildman–Crippen MR) is 87.0 cm³/mol. The van der Waals surface area contributed by atoms with E-state index in [1.54, 1.807) is 0 Å². The highest BCUT2D eigenvalue weighted by atomic mass is 19.1. The van der Waals surface area contributed by atoms with E-state index in [1.807, 2.05) is 12.1 Å². The Morgan fingerprint density at radius 2 is 1.38 bits per heavy atom. The molecule has 21 heavy (non-hydrogen) atoms. The van der Waals surface area contributed by atoms with Crippen LogP contribution in [0.4, 0.5) is 4.39 Å². The first-order valence-corrected chi connectivity index (χ1v) is 7.47. The molecule has 0 heterocycles. The molecular weight excluding hydrogens is 261 g/mol. The number of hydrogen-bond donors (Lipinski definition) is 1. The van der Waals surface area contributed by atoms with Gasteiger partial charge in [0.2, 0.25) is 0 Å². The van der Waals surface area contributed by atoms with Crippen LogP contribution in [0.25, 0.3) is 0 Å². The molecule has 0 radical (unpaired) electrons. The van der Waals surface area contributed by atoms with Crippen molar-refractivity contribution in [2.75, 3.05) is 0 Å². The van der Waals surface area contributed by atoms with Gasteiger partial charge in [-0.3, -0.25) is 0 Å². The summed E-state index contributed by atoms with van der Waals surface area (Å²) in [4.78, 5) is 0. The lowest BCUT2D eigenvalue weighted by molar-refractivity contribution is 0.491. The van der Waals surface area contributed by atoms with E-state index in [2.05, 4.69) is 52.1 Å². The summed E-state index contributed by atoms with van der Waals surface area (Å²) < 4.78 is 13.0. The Morgan fingerprint density at radius 3 is 1.90 bits per heavy atom. The molecule has 112 valence electrons. The van der Waals surface area contributed by atoms with Crippen LogP contribution < -0.4 is 5.32 Å². The smallest absolute Gasteiger partial charge is 0.123 e. The van der Waals surface area contributed by atoms with Gasteiger partial charge in [-0.1, -0.05) is 29.8 Å². The number of hydrogen-bond acceptors (Lipinski definition) is 1. The highest BCUT2D eigenvalue weighted by Crippen LogP contribution is 2.26. The Bertz CT molecular complexity index is 593. The maximum Gasteiger partial charge on any atom is 0.123 e. The largest absolute Gasteiger partial charge is 0.304 e. The zero-order valence-corrected chi connectivity index (χ0v) is 13.5. The summed E-state index contributed by atoms with van der Waals surface area (Å²) in [6.45, 7) is 10.8. The van der Waals surface area contributed by atoms with Gasteiger partial charge in [0.05, 0.1) is 0 Å². The van der Waals surface area contributed by atoms with Crippen molar-refractivity contribution >= 4 is 0 Å². The first-order valence-electron chi connectivity index (χ1n) is 7.47. The average Bonchev–Trinajstić information content (AvgIpc) is 2.37. The van der Waals surface area contributed by atoms with Gasteiger partial charge in [0.1, 0.15) is 5.82 Å². The van der Waals surface area contributed by atoms with E-state index >= 15 is 0 Å². The molecule has 2 rings (SSSR count). The molecule has 2 heteroatoms. The molecule has 0 saturated carbocycles. The second kappa shape index (κ2) is 6.40. The fourth-order valence-electron chi connectivity index (χ4n) is 3.18. The van der Waals surface area contributed by atoms with Gasteiger partial charge >= 0.3 is 0 Å². The summed E-state index contributed by atoms with van der Waals surface area (Å²) >= 11 is 0. The van der Waals surface area contributed by atoms with Crippen molar-refractivity contribution in [2.24, 2.45) is 0 Å². The van der Waals surface area contributed by atoms with Gasteiger partial charge in [0, 0.05) is 12.1 Å². The molecule has 2 aromatic rings. The van der Waals surface area contributed by atoms with Crippen LogP contribution in [0, 0.1) is 26.6 Å². The van der Waals surface area contributed by atoms with E-state index in [1.165, 1.54) is 34.4 Å². The van der Waals surface area contributed by atoms with Crippen LogP contribution >= 0.6 is 0 Å². The maximum absolute atomic E-state index is 13.0. The SMILES string of the molecule is Cc1cc(C)c(C(C)N[C@@H](C)c2ccc(F)cc2)c(C)c1. The van der Waals surface area contributed by atoms with Gasteiger partial charge in [-0.15, -0.1) is 0 Å². The third kappa shape index (κ3) is 3.70. The van der Waals surface area contributed by atoms with Crippen molar-refractivity contribution in [2.45, 2.75) is 46.7 Å². The summed E-state index contributed by atoms with van der Waals surface area (Å²) in [5.74, 6) is -0.191. The topological polar surface area (TPSA) is 12.0 Å². The summed E-state index contributed by atoms with van der Waals surface area (Å²) in [5, 5.41) is 3.61. The van der Waals surface area contributed by atoms with Crippen LogP contribution in [0.5, 0.6) is 0 Å². The fraction of sp³-hybridized carbons (Fsp3) is 0.368. The monoisotopic (exact) mass is 285 g/mol. The first kappa shape index (κ1) is 15.7. The van der Waals surface area contributed by atoms with Gasteiger partial charge in [-0.25, -0.2) is 4.39 Å². The van der Waals surface area contributed by atoms with Crippen LogP contribution in [-0.4, -0.2) is 0 Å². The van der Waals surface area contributed by atoms with Crippen molar-refractivity contribution in [1.82, 2.24) is 5.32 Å². The first-order chi connectivity index (χ1) is 9.88. The van der Waals surface area contributed by atoms with E-state index in [0.717, 1.165) is 5.56 Å². The molecule has 1 N–H and O–H groups in total. The predicted octanol–water partition coefficient (Wildman–Crippen LogP) is 5.16. The molecule has 1 nitrogen and oxygen atoms in total. The second-order valence-electron chi connectivity index (χ2n) is 5.97. The van der Waals surface area contributed by atoms with Crippen LogP contribution in [-0.2, 0) is 0 Å². The van der Waals surface area contributed by atoms with Crippen molar-refractivity contribution in [3.05, 3.63) is 70.0 Å². The molecule has 0 aliphatic carbocycles. The number of halogens is 1. The minimum Gasteiger partial charge on any atom is -0.304 e. The van der Waals surface area contributed by atoms with E-state index in [4.69, 9.17) is 0 Å². The van der Waals surface area contributed by atoms with E-state index in [9.17, 15) is 4.39 Å². The Morgan fingerprint density at radius 1 is 0.857 bits per heavy atom. The number of benzene rings is 2. The zero-order valence-electron chi connectivity index (χ0n) is 13.5. The number of aryl methyl sites for hydroxylation is 3. The molecule has 0 amide bonds. The highest BCUT2D eigenvalue weighted by Gasteiger charge is 2.15. The summed E-state index contributed by atoms with van der Waals surface area (Å²) in [6, 6.07) is 11.6. The number of rotatable bonds is 4. The quantitative estimate of drug-likeness (QED) is 0.818. The molecule has 0 aliphatic heterocycles. The minimum absolute atomic E-state index is 0.181. The van der Waals surface area contributed by atoms with Crippen molar-refractivity contribution in [1.29, 1.82) is 0 Å². The fourth-order valence-corrected chi connectivity index (χ4v) is 3.18. The maximum atomic E-state index is 13.0. The normalized spacial score (nSPS) is 14.0. The Labute approximate surface area is 127 Å². The molecule has 0 aliphatic rings. The molecule has 2 aromatic carbocycles. The molecule has 0 aromatic heterocycles. The Kier molecular flexibility index (Phi) is 4.79. The Balaban J connectivity index is 2.18. The van der Waals surface area contributed by atoms with Gasteiger partial charge in [-0.05, 0) is 69.0 Å². The van der Waals surface area contributed by atoms with E-state index in [0.29, 0.717) is 0 Å². The van der Waals surface area contributed by atoms with Crippen LogP contribution in [0.1, 0.15) is 53.7 Å². The third-order valence-electron chi connectivity index (χ3n) is 4.04. The van der Waals surface area contributed by atoms with Crippen LogP contribution in [0.15, 0.2) is 36.4 Å². The van der Waals surface area contributed by atoms with Crippen LogP contribution in [0.2, 0.25) is 0 Å². The third-order valence-corrected chi connectivity index (χ3v) is 4.04. The molecular formula is C19H24FN. The lowest BCUT2D eigenvalue weighted by Crippen LogP contribution is -2.23. The summed E-state index contributed by atoms with van der Waals surface area (Å²) in [5.41, 5.74) is 6.39. The van der Waals surface area contributed by atoms with Crippen molar-refractivity contribution < 1.29 is 4.39 Å². The second-order valence-corrected chi connectivity index (χ2v) is 5.97. The van der Waals surface area contributed by atoms with Gasteiger partial charge in [0.15, 0.2) is 0 Å². The zero-order chi connectivity index (χ0) is 15.6. The molecule has 1 unspecified atom stereocenters. The molecule has 0 spiro atoms. The summed E-state index contributed by atoms with van der Waals surface area (Å²) in [6.07, 6.45) is 0. The molecule has 2 atom stereocenters. The lowest BCUT2D eigenvalue weighted by atomic mass is 9.94. The van der Waals surface area contributed by atoms with Crippen LogP contribution in [0.3, 0.4) is 0 Å². The van der Waals surface area contributed by atoms with Gasteiger partial charge in [-0.2, -0.15) is 0 Å². The number of nitrogens with one attached hydrogen (secondary N) is 1.